The molecule has 4 rings (SSSR count). The minimum absolute atomic E-state index is 0.0946. The molecule has 0 spiro atoms. The molecule has 4 saturated carbocycles. The zero-order chi connectivity index (χ0) is 16.4. The van der Waals surface area contributed by atoms with E-state index in [1.54, 1.807) is 0 Å². The number of fused-ring (bicyclic) bond motifs is 5. The Morgan fingerprint density at radius 2 is 1.83 bits per heavy atom. The lowest BCUT2D eigenvalue weighted by atomic mass is 9.50. The highest BCUT2D eigenvalue weighted by Crippen LogP contribution is 2.61. The van der Waals surface area contributed by atoms with E-state index in [0.717, 1.165) is 38.0 Å². The molecular weight excluding hydrogens is 288 g/mol. The molecule has 1 N–H and O–H groups in total. The van der Waals surface area contributed by atoms with E-state index in [2.05, 4.69) is 11.7 Å². The maximum Gasteiger partial charge on any atom is 0.335 e. The number of Topliss-reactive ketones (excluding diaryl/α,β-unsaturated/α-hetero) is 1. The van der Waals surface area contributed by atoms with Gasteiger partial charge in [-0.25, -0.2) is 0 Å². The van der Waals surface area contributed by atoms with Gasteiger partial charge in [-0.3, -0.25) is 4.79 Å². The van der Waals surface area contributed by atoms with Gasteiger partial charge in [-0.1, -0.05) is 6.92 Å². The average molecular weight is 316 g/mol. The Bertz CT molecular complexity index is 592. The molecule has 4 heteroatoms. The minimum atomic E-state index is -0.475. The van der Waals surface area contributed by atoms with Gasteiger partial charge in [-0.2, -0.15) is 4.79 Å². The van der Waals surface area contributed by atoms with Crippen LogP contribution in [0, 0.1) is 35.0 Å². The maximum absolute atomic E-state index is 12.6. The number of aliphatic hydroxyl groups is 1. The Kier molecular flexibility index (Phi) is 3.38. The third-order valence-corrected chi connectivity index (χ3v) is 7.94. The van der Waals surface area contributed by atoms with Crippen LogP contribution in [0.15, 0.2) is 0 Å². The van der Waals surface area contributed by atoms with Gasteiger partial charge in [0.25, 0.3) is 0 Å². The van der Waals surface area contributed by atoms with Crippen LogP contribution in [0.5, 0.6) is 0 Å². The van der Waals surface area contributed by atoms with Crippen LogP contribution in [0.4, 0.5) is 0 Å². The lowest BCUT2D eigenvalue weighted by Crippen LogP contribution is -2.50. The average Bonchev–Trinajstić information content (AvgIpc) is 2.77. The van der Waals surface area contributed by atoms with E-state index in [0.29, 0.717) is 35.8 Å². The molecule has 1 unspecified atom stereocenters. The minimum Gasteiger partial charge on any atom is -0.390 e. The van der Waals surface area contributed by atoms with E-state index in [4.69, 9.17) is 0 Å². The Morgan fingerprint density at radius 1 is 1.09 bits per heavy atom. The van der Waals surface area contributed by atoms with Gasteiger partial charge in [0.05, 0.1) is 12.0 Å². The first kappa shape index (κ1) is 15.5. The molecule has 0 aromatic carbocycles. The van der Waals surface area contributed by atoms with Gasteiger partial charge in [-0.15, -0.1) is 0 Å². The van der Waals surface area contributed by atoms with Crippen LogP contribution in [-0.4, -0.2) is 27.0 Å². The molecular formula is C19H28N2O2. The van der Waals surface area contributed by atoms with Crippen LogP contribution in [0.1, 0.15) is 65.2 Å². The molecule has 126 valence electrons. The standard InChI is InChI=1S/C19H28N2O2/c1-18(23)7-5-12-11(10-18)3-4-14-13(12)6-8-19(2)15(14)9-16(21-20)17(19)22/h11-15,23H,3-10H2,1-2H3/t11?,12-,13+,14+,15-,18+,19-/m0/s1. The van der Waals surface area contributed by atoms with Gasteiger partial charge in [0.15, 0.2) is 0 Å². The summed E-state index contributed by atoms with van der Waals surface area (Å²) in [7, 11) is 0. The van der Waals surface area contributed by atoms with E-state index in [1.807, 2.05) is 6.92 Å². The van der Waals surface area contributed by atoms with Gasteiger partial charge in [0, 0.05) is 5.41 Å². The van der Waals surface area contributed by atoms with Crippen molar-refractivity contribution in [2.75, 3.05) is 0 Å². The number of rotatable bonds is 0. The van der Waals surface area contributed by atoms with Gasteiger partial charge >= 0.3 is 5.71 Å². The number of nitrogens with zero attached hydrogens (tertiary/aromatic N) is 2. The van der Waals surface area contributed by atoms with Crippen LogP contribution in [0.2, 0.25) is 0 Å². The first-order valence-electron chi connectivity index (χ1n) is 9.34. The van der Waals surface area contributed by atoms with Crippen molar-refractivity contribution in [1.29, 1.82) is 0 Å². The van der Waals surface area contributed by atoms with Gasteiger partial charge in [0.1, 0.15) is 0 Å². The van der Waals surface area contributed by atoms with E-state index in [9.17, 15) is 15.4 Å². The van der Waals surface area contributed by atoms with E-state index in [1.165, 1.54) is 12.8 Å². The van der Waals surface area contributed by atoms with Crippen LogP contribution < -0.4 is 0 Å². The Labute approximate surface area is 138 Å². The van der Waals surface area contributed by atoms with Crippen molar-refractivity contribution in [3.63, 3.8) is 0 Å². The molecule has 0 aliphatic heterocycles. The third kappa shape index (κ3) is 2.18. The predicted molar refractivity (Wildman–Crippen MR) is 86.8 cm³/mol. The topological polar surface area (TPSA) is 73.7 Å². The smallest absolute Gasteiger partial charge is 0.335 e. The van der Waals surface area contributed by atoms with Gasteiger partial charge < -0.3 is 10.6 Å². The monoisotopic (exact) mass is 316 g/mol. The summed E-state index contributed by atoms with van der Waals surface area (Å²) < 4.78 is 0. The van der Waals surface area contributed by atoms with Crippen molar-refractivity contribution in [2.24, 2.45) is 35.0 Å². The molecule has 0 aromatic heterocycles. The first-order chi connectivity index (χ1) is 10.9. The summed E-state index contributed by atoms with van der Waals surface area (Å²) in [6, 6.07) is 0. The summed E-state index contributed by atoms with van der Waals surface area (Å²) in [5, 5.41) is 10.4. The summed E-state index contributed by atoms with van der Waals surface area (Å²) >= 11 is 0. The fourth-order valence-corrected chi connectivity index (χ4v) is 6.78. The number of hydrogen-bond donors (Lipinski definition) is 1. The van der Waals surface area contributed by atoms with E-state index in [-0.39, 0.29) is 11.2 Å². The number of carbonyl (C=O) groups is 1. The number of carbonyl (C=O) groups excluding carboxylic acids is 1. The highest BCUT2D eigenvalue weighted by atomic mass is 16.3. The van der Waals surface area contributed by atoms with E-state index >= 15 is 0 Å². The Hall–Kier alpha value is -0.990. The fourth-order valence-electron chi connectivity index (χ4n) is 6.78. The van der Waals surface area contributed by atoms with Crippen molar-refractivity contribution in [3.8, 4) is 0 Å². The lowest BCUT2D eigenvalue weighted by molar-refractivity contribution is -0.134. The molecule has 4 nitrogen and oxygen atoms in total. The highest BCUT2D eigenvalue weighted by molar-refractivity contribution is 6.41. The van der Waals surface area contributed by atoms with Gasteiger partial charge in [-0.05, 0) is 81.5 Å². The molecule has 4 aliphatic carbocycles. The summed E-state index contributed by atoms with van der Waals surface area (Å²) in [5.41, 5.74) is 8.82. The number of ketones is 1. The van der Waals surface area contributed by atoms with Gasteiger partial charge in [0.2, 0.25) is 5.78 Å². The summed E-state index contributed by atoms with van der Waals surface area (Å²) in [5.74, 6) is 3.14. The first-order valence-corrected chi connectivity index (χ1v) is 9.34. The summed E-state index contributed by atoms with van der Waals surface area (Å²) in [4.78, 5) is 15.9. The molecule has 0 radical (unpaired) electrons. The molecule has 4 aliphatic rings. The second-order valence-electron chi connectivity index (χ2n) is 9.21. The lowest BCUT2D eigenvalue weighted by Gasteiger charge is -2.55. The SMILES string of the molecule is C[C@@]1(O)CC[C@H]2C(CC[C@@H]3[C@@H]2CC[C@]2(C)C(=O)C(=[N+]=[N-])C[C@@H]32)C1. The Balaban J connectivity index is 1.61. The zero-order valence-corrected chi connectivity index (χ0v) is 14.3. The normalized spacial score (nSPS) is 52.4. The van der Waals surface area contributed by atoms with Crippen LogP contribution in [0.25, 0.3) is 5.53 Å². The molecule has 0 heterocycles. The second kappa shape index (κ2) is 5.00. The maximum atomic E-state index is 12.6. The zero-order valence-electron chi connectivity index (χ0n) is 14.3. The largest absolute Gasteiger partial charge is 0.390 e. The summed E-state index contributed by atoms with van der Waals surface area (Å²) in [6.07, 6.45) is 8.11. The molecule has 4 fully saturated rings. The van der Waals surface area contributed by atoms with Crippen molar-refractivity contribution in [1.82, 2.24) is 0 Å². The molecule has 0 bridgehead atoms. The molecule has 0 saturated heterocycles. The highest BCUT2D eigenvalue weighted by Gasteiger charge is 2.61. The summed E-state index contributed by atoms with van der Waals surface area (Å²) in [6.45, 7) is 4.10. The number of hydrogen-bond acceptors (Lipinski definition) is 2. The van der Waals surface area contributed by atoms with Crippen molar-refractivity contribution in [3.05, 3.63) is 5.53 Å². The quantitative estimate of drug-likeness (QED) is 0.550. The van der Waals surface area contributed by atoms with Crippen molar-refractivity contribution >= 4 is 11.5 Å². The van der Waals surface area contributed by atoms with Crippen molar-refractivity contribution < 1.29 is 14.7 Å². The third-order valence-electron chi connectivity index (χ3n) is 7.94. The predicted octanol–water partition coefficient (Wildman–Crippen LogP) is 3.24. The van der Waals surface area contributed by atoms with Crippen LogP contribution in [0.3, 0.4) is 0 Å². The molecule has 23 heavy (non-hydrogen) atoms. The Morgan fingerprint density at radius 3 is 2.57 bits per heavy atom. The van der Waals surface area contributed by atoms with Crippen LogP contribution in [-0.2, 0) is 4.79 Å². The van der Waals surface area contributed by atoms with Crippen LogP contribution >= 0.6 is 0 Å². The molecule has 0 aromatic rings. The molecule has 0 amide bonds. The van der Waals surface area contributed by atoms with Crippen molar-refractivity contribution in [2.45, 2.75) is 70.8 Å². The fraction of sp³-hybridized carbons (Fsp3) is 0.895. The second-order valence-corrected chi connectivity index (χ2v) is 9.21. The van der Waals surface area contributed by atoms with E-state index < -0.39 is 5.60 Å². The molecule has 7 atom stereocenters.